The van der Waals surface area contributed by atoms with Crippen molar-refractivity contribution in [2.24, 2.45) is 0 Å². The number of nitrogens with zero attached hydrogens (tertiary/aromatic N) is 2. The summed E-state index contributed by atoms with van der Waals surface area (Å²) >= 11 is 6.02. The van der Waals surface area contributed by atoms with Crippen molar-refractivity contribution < 1.29 is 17.9 Å². The Balaban J connectivity index is 2.44. The van der Waals surface area contributed by atoms with Crippen LogP contribution in [0.3, 0.4) is 0 Å². The molecule has 2 aromatic rings. The summed E-state index contributed by atoms with van der Waals surface area (Å²) in [6.45, 7) is 0. The summed E-state index contributed by atoms with van der Waals surface area (Å²) in [4.78, 5) is 7.61. The molecule has 0 aliphatic rings. The maximum atomic E-state index is 12.4. The summed E-state index contributed by atoms with van der Waals surface area (Å²) in [5.41, 5.74) is 0. The number of methoxy groups -OCH3 is 2. The monoisotopic (exact) mass is 329 g/mol. The molecule has 0 atom stereocenters. The Morgan fingerprint density at radius 2 is 1.86 bits per heavy atom. The van der Waals surface area contributed by atoms with E-state index in [0.29, 0.717) is 0 Å². The van der Waals surface area contributed by atoms with Crippen molar-refractivity contribution in [3.05, 3.63) is 35.6 Å². The Kier molecular flexibility index (Phi) is 4.49. The fraction of sp³-hybridized carbons (Fsp3) is 0.167. The number of rotatable bonds is 5. The predicted molar refractivity (Wildman–Crippen MR) is 77.4 cm³/mol. The Hall–Kier alpha value is -2.06. The fourth-order valence-electron chi connectivity index (χ4n) is 1.58. The molecule has 0 aliphatic heterocycles. The first-order valence-electron chi connectivity index (χ1n) is 5.70. The molecular weight excluding hydrogens is 318 g/mol. The minimum atomic E-state index is -3.95. The van der Waals surface area contributed by atoms with Crippen LogP contribution in [-0.2, 0) is 10.0 Å². The van der Waals surface area contributed by atoms with Gasteiger partial charge in [-0.1, -0.05) is 17.7 Å². The number of nitrogens with one attached hydrogen (secondary N) is 1. The smallest absolute Gasteiger partial charge is 0.264 e. The summed E-state index contributed by atoms with van der Waals surface area (Å²) in [6, 6.07) is 4.44. The third-order valence-electron chi connectivity index (χ3n) is 2.53. The summed E-state index contributed by atoms with van der Waals surface area (Å²) in [5, 5.41) is -0.0182. The number of hydrogen-bond donors (Lipinski definition) is 1. The molecule has 0 radical (unpaired) electrons. The Morgan fingerprint density at radius 3 is 2.52 bits per heavy atom. The van der Waals surface area contributed by atoms with Crippen molar-refractivity contribution in [3.8, 4) is 11.6 Å². The SMILES string of the molecule is COc1cccc(S(=O)(=O)Nc2nccnc2OC)c1Cl. The van der Waals surface area contributed by atoms with Gasteiger partial charge in [0.15, 0.2) is 0 Å². The molecule has 0 amide bonds. The third kappa shape index (κ3) is 3.17. The molecule has 2 rings (SSSR count). The van der Waals surface area contributed by atoms with Crippen LogP contribution in [-0.4, -0.2) is 32.6 Å². The van der Waals surface area contributed by atoms with Crippen molar-refractivity contribution in [1.82, 2.24) is 9.97 Å². The lowest BCUT2D eigenvalue weighted by Gasteiger charge is -2.12. The zero-order valence-corrected chi connectivity index (χ0v) is 12.8. The van der Waals surface area contributed by atoms with E-state index in [1.807, 2.05) is 0 Å². The largest absolute Gasteiger partial charge is 0.495 e. The topological polar surface area (TPSA) is 90.4 Å². The molecule has 1 heterocycles. The molecule has 0 unspecified atom stereocenters. The predicted octanol–water partition coefficient (Wildman–Crippen LogP) is 1.95. The van der Waals surface area contributed by atoms with Crippen molar-refractivity contribution in [2.45, 2.75) is 4.90 Å². The quantitative estimate of drug-likeness (QED) is 0.901. The average Bonchev–Trinajstić information content (AvgIpc) is 2.47. The molecule has 0 aliphatic carbocycles. The molecule has 0 bridgehead atoms. The molecule has 112 valence electrons. The molecule has 0 saturated heterocycles. The first kappa shape index (κ1) is 15.3. The molecule has 9 heteroatoms. The summed E-state index contributed by atoms with van der Waals surface area (Å²) < 4.78 is 37.0. The van der Waals surface area contributed by atoms with Gasteiger partial charge in [0.2, 0.25) is 5.82 Å². The highest BCUT2D eigenvalue weighted by atomic mass is 35.5. The van der Waals surface area contributed by atoms with E-state index in [1.54, 1.807) is 6.07 Å². The van der Waals surface area contributed by atoms with Gasteiger partial charge in [0, 0.05) is 12.4 Å². The summed E-state index contributed by atoms with van der Waals surface area (Å²) in [7, 11) is -1.19. The molecular formula is C12H12ClN3O4S. The zero-order chi connectivity index (χ0) is 15.5. The van der Waals surface area contributed by atoms with Gasteiger partial charge in [-0.15, -0.1) is 0 Å². The zero-order valence-electron chi connectivity index (χ0n) is 11.2. The molecule has 21 heavy (non-hydrogen) atoms. The maximum Gasteiger partial charge on any atom is 0.264 e. The second-order valence-corrected chi connectivity index (χ2v) is 5.82. The van der Waals surface area contributed by atoms with Crippen molar-refractivity contribution in [3.63, 3.8) is 0 Å². The number of sulfonamides is 1. The normalized spacial score (nSPS) is 11.0. The highest BCUT2D eigenvalue weighted by Crippen LogP contribution is 2.32. The highest BCUT2D eigenvalue weighted by molar-refractivity contribution is 7.92. The number of anilines is 1. The fourth-order valence-corrected chi connectivity index (χ4v) is 3.19. The van der Waals surface area contributed by atoms with E-state index in [1.165, 1.54) is 38.7 Å². The van der Waals surface area contributed by atoms with Gasteiger partial charge in [0.1, 0.15) is 15.7 Å². The van der Waals surface area contributed by atoms with Gasteiger partial charge in [-0.25, -0.2) is 18.4 Å². The lowest BCUT2D eigenvalue weighted by molar-refractivity contribution is 0.398. The van der Waals surface area contributed by atoms with E-state index in [2.05, 4.69) is 14.7 Å². The van der Waals surface area contributed by atoms with Crippen molar-refractivity contribution in [1.29, 1.82) is 0 Å². The van der Waals surface area contributed by atoms with Crippen LogP contribution in [0.2, 0.25) is 5.02 Å². The van der Waals surface area contributed by atoms with Crippen LogP contribution >= 0.6 is 11.6 Å². The Bertz CT molecular complexity index is 752. The summed E-state index contributed by atoms with van der Waals surface area (Å²) in [6.07, 6.45) is 2.72. The summed E-state index contributed by atoms with van der Waals surface area (Å²) in [5.74, 6) is 0.282. The van der Waals surface area contributed by atoms with Crippen molar-refractivity contribution >= 4 is 27.4 Å². The van der Waals surface area contributed by atoms with Crippen molar-refractivity contribution in [2.75, 3.05) is 18.9 Å². The van der Waals surface area contributed by atoms with Crippen LogP contribution < -0.4 is 14.2 Å². The number of benzene rings is 1. The molecule has 1 aromatic carbocycles. The van der Waals surface area contributed by atoms with Crippen LogP contribution in [0.15, 0.2) is 35.5 Å². The molecule has 1 N–H and O–H groups in total. The van der Waals surface area contributed by atoms with Gasteiger partial charge in [-0.2, -0.15) is 0 Å². The number of aromatic nitrogens is 2. The molecule has 0 spiro atoms. The van der Waals surface area contributed by atoms with Crippen LogP contribution in [0.1, 0.15) is 0 Å². The lowest BCUT2D eigenvalue weighted by Crippen LogP contribution is -2.15. The van der Waals surface area contributed by atoms with Gasteiger partial charge >= 0.3 is 0 Å². The van der Waals surface area contributed by atoms with E-state index < -0.39 is 10.0 Å². The molecule has 0 saturated carbocycles. The van der Waals surface area contributed by atoms with Gasteiger partial charge in [0.05, 0.1) is 14.2 Å². The second-order valence-electron chi connectivity index (χ2n) is 3.79. The van der Waals surface area contributed by atoms with E-state index in [-0.39, 0.29) is 27.4 Å². The van der Waals surface area contributed by atoms with Crippen LogP contribution in [0.4, 0.5) is 5.82 Å². The van der Waals surface area contributed by atoms with E-state index in [4.69, 9.17) is 21.1 Å². The number of ether oxygens (including phenoxy) is 2. The first-order chi connectivity index (χ1) is 9.99. The maximum absolute atomic E-state index is 12.4. The molecule has 0 fully saturated rings. The lowest BCUT2D eigenvalue weighted by atomic mass is 10.3. The van der Waals surface area contributed by atoms with E-state index in [0.717, 1.165) is 0 Å². The van der Waals surface area contributed by atoms with Gasteiger partial charge in [-0.05, 0) is 12.1 Å². The van der Waals surface area contributed by atoms with E-state index >= 15 is 0 Å². The van der Waals surface area contributed by atoms with Gasteiger partial charge in [-0.3, -0.25) is 4.72 Å². The molecule has 7 nitrogen and oxygen atoms in total. The number of hydrogen-bond acceptors (Lipinski definition) is 6. The molecule has 1 aromatic heterocycles. The average molecular weight is 330 g/mol. The second kappa shape index (κ2) is 6.15. The van der Waals surface area contributed by atoms with Crippen LogP contribution in [0, 0.1) is 0 Å². The minimum absolute atomic E-state index is 0.0182. The van der Waals surface area contributed by atoms with E-state index in [9.17, 15) is 8.42 Å². The first-order valence-corrected chi connectivity index (χ1v) is 7.56. The standard InChI is InChI=1S/C12H12ClN3O4S/c1-19-8-4-3-5-9(10(8)13)21(17,18)16-11-12(20-2)15-7-6-14-11/h3-7H,1-2H3,(H,14,16). The Morgan fingerprint density at radius 1 is 1.14 bits per heavy atom. The van der Waals surface area contributed by atoms with Crippen LogP contribution in [0.5, 0.6) is 11.6 Å². The van der Waals surface area contributed by atoms with Gasteiger partial charge in [0.25, 0.3) is 15.9 Å². The van der Waals surface area contributed by atoms with Crippen LogP contribution in [0.25, 0.3) is 0 Å². The highest BCUT2D eigenvalue weighted by Gasteiger charge is 2.22. The van der Waals surface area contributed by atoms with Gasteiger partial charge < -0.3 is 9.47 Å². The minimum Gasteiger partial charge on any atom is -0.495 e. The number of halogens is 1. The Labute approximate surface area is 126 Å². The third-order valence-corrected chi connectivity index (χ3v) is 4.41.